The Morgan fingerprint density at radius 3 is 2.52 bits per heavy atom. The average Bonchev–Trinajstić information content (AvgIpc) is 3.04. The van der Waals surface area contributed by atoms with E-state index < -0.39 is 0 Å². The van der Waals surface area contributed by atoms with E-state index in [4.69, 9.17) is 0 Å². The van der Waals surface area contributed by atoms with Crippen LogP contribution in [-0.4, -0.2) is 16.1 Å². The molecular weight excluding hydrogens is 330 g/mol. The van der Waals surface area contributed by atoms with Gasteiger partial charge in [-0.05, 0) is 24.0 Å². The number of hydrogen-bond acceptors (Lipinski definition) is 4. The maximum atomic E-state index is 12.1. The Balaban J connectivity index is 1.56. The van der Waals surface area contributed by atoms with Gasteiger partial charge in [-0.15, -0.1) is 10.2 Å². The van der Waals surface area contributed by atoms with Gasteiger partial charge < -0.3 is 5.32 Å². The molecule has 3 rings (SSSR count). The lowest BCUT2D eigenvalue weighted by Crippen LogP contribution is -2.14. The van der Waals surface area contributed by atoms with E-state index in [0.29, 0.717) is 17.5 Å². The first-order valence-electron chi connectivity index (χ1n) is 8.33. The van der Waals surface area contributed by atoms with Gasteiger partial charge in [0.2, 0.25) is 11.0 Å². The van der Waals surface area contributed by atoms with Gasteiger partial charge in [0.15, 0.2) is 0 Å². The molecule has 25 heavy (non-hydrogen) atoms. The molecule has 1 atom stereocenters. The fraction of sp³-hybridized carbons (Fsp3) is 0.250. The summed E-state index contributed by atoms with van der Waals surface area (Å²) in [5.74, 6) is 0.299. The van der Waals surface area contributed by atoms with E-state index in [1.807, 2.05) is 49.4 Å². The Bertz CT molecular complexity index is 828. The summed E-state index contributed by atoms with van der Waals surface area (Å²) in [7, 11) is 0. The standard InChI is InChI=1S/C20H21N3OS/c1-14-8-10-16(11-9-14)13-18(24)21-20-23-22-19(25-20)12-15(2)17-6-4-3-5-7-17/h3-11,15H,12-13H2,1-2H3,(H,21,23,24). The van der Waals surface area contributed by atoms with E-state index in [9.17, 15) is 4.79 Å². The van der Waals surface area contributed by atoms with Gasteiger partial charge in [0.25, 0.3) is 0 Å². The minimum Gasteiger partial charge on any atom is -0.300 e. The molecule has 3 aromatic rings. The molecule has 5 heteroatoms. The molecule has 0 spiro atoms. The molecule has 0 aliphatic heterocycles. The summed E-state index contributed by atoms with van der Waals surface area (Å²) in [6.07, 6.45) is 1.16. The van der Waals surface area contributed by atoms with E-state index in [0.717, 1.165) is 17.0 Å². The number of amides is 1. The lowest BCUT2D eigenvalue weighted by atomic mass is 9.98. The summed E-state index contributed by atoms with van der Waals surface area (Å²) >= 11 is 1.44. The molecule has 0 fully saturated rings. The van der Waals surface area contributed by atoms with Crippen molar-refractivity contribution >= 4 is 22.4 Å². The highest BCUT2D eigenvalue weighted by atomic mass is 32.1. The van der Waals surface area contributed by atoms with Gasteiger partial charge in [0, 0.05) is 6.42 Å². The van der Waals surface area contributed by atoms with Crippen LogP contribution in [0.15, 0.2) is 54.6 Å². The first-order valence-corrected chi connectivity index (χ1v) is 9.14. The smallest absolute Gasteiger partial charge is 0.230 e. The van der Waals surface area contributed by atoms with Crippen molar-refractivity contribution in [2.45, 2.75) is 32.6 Å². The van der Waals surface area contributed by atoms with Gasteiger partial charge in [0.1, 0.15) is 5.01 Å². The zero-order valence-corrected chi connectivity index (χ0v) is 15.2. The van der Waals surface area contributed by atoms with Crippen molar-refractivity contribution in [3.05, 3.63) is 76.3 Å². The zero-order valence-electron chi connectivity index (χ0n) is 14.4. The fourth-order valence-corrected chi connectivity index (χ4v) is 3.49. The Morgan fingerprint density at radius 1 is 1.08 bits per heavy atom. The van der Waals surface area contributed by atoms with E-state index in [1.54, 1.807) is 0 Å². The number of carbonyl (C=O) groups excluding carboxylic acids is 1. The molecule has 1 amide bonds. The second-order valence-corrected chi connectivity index (χ2v) is 7.29. The summed E-state index contributed by atoms with van der Waals surface area (Å²) in [5, 5.41) is 12.6. The topological polar surface area (TPSA) is 54.9 Å². The van der Waals surface area contributed by atoms with E-state index in [2.05, 4.69) is 34.6 Å². The monoisotopic (exact) mass is 351 g/mol. The number of carbonyl (C=O) groups is 1. The third-order valence-electron chi connectivity index (χ3n) is 4.05. The van der Waals surface area contributed by atoms with Crippen LogP contribution in [0.3, 0.4) is 0 Å². The lowest BCUT2D eigenvalue weighted by Gasteiger charge is -2.08. The molecule has 0 aliphatic carbocycles. The predicted octanol–water partition coefficient (Wildman–Crippen LogP) is 4.37. The van der Waals surface area contributed by atoms with Crippen LogP contribution in [0, 0.1) is 6.92 Å². The number of aromatic nitrogens is 2. The van der Waals surface area contributed by atoms with Gasteiger partial charge in [-0.2, -0.15) is 0 Å². The van der Waals surface area contributed by atoms with Crippen LogP contribution in [0.2, 0.25) is 0 Å². The first-order chi connectivity index (χ1) is 12.1. The lowest BCUT2D eigenvalue weighted by molar-refractivity contribution is -0.115. The van der Waals surface area contributed by atoms with Gasteiger partial charge in [-0.25, -0.2) is 0 Å². The van der Waals surface area contributed by atoms with Crippen molar-refractivity contribution in [3.8, 4) is 0 Å². The third kappa shape index (κ3) is 4.97. The number of hydrogen-bond donors (Lipinski definition) is 1. The van der Waals surface area contributed by atoms with Crippen LogP contribution in [0.4, 0.5) is 5.13 Å². The van der Waals surface area contributed by atoms with Crippen LogP contribution in [-0.2, 0) is 17.6 Å². The predicted molar refractivity (Wildman–Crippen MR) is 102 cm³/mol. The Labute approximate surface area is 151 Å². The first kappa shape index (κ1) is 17.3. The van der Waals surface area contributed by atoms with Crippen molar-refractivity contribution in [1.82, 2.24) is 10.2 Å². The molecule has 1 heterocycles. The molecule has 128 valence electrons. The highest BCUT2D eigenvalue weighted by Gasteiger charge is 2.12. The van der Waals surface area contributed by atoms with Crippen molar-refractivity contribution < 1.29 is 4.79 Å². The normalized spacial score (nSPS) is 11.9. The number of aryl methyl sites for hydroxylation is 1. The highest BCUT2D eigenvalue weighted by molar-refractivity contribution is 7.15. The van der Waals surface area contributed by atoms with E-state index in [1.165, 1.54) is 22.5 Å². The molecule has 0 radical (unpaired) electrons. The molecule has 1 aromatic heterocycles. The zero-order chi connectivity index (χ0) is 17.6. The maximum Gasteiger partial charge on any atom is 0.230 e. The van der Waals surface area contributed by atoms with Crippen LogP contribution >= 0.6 is 11.3 Å². The summed E-state index contributed by atoms with van der Waals surface area (Å²) in [6.45, 7) is 4.20. The number of benzene rings is 2. The molecular formula is C20H21N3OS. The van der Waals surface area contributed by atoms with E-state index in [-0.39, 0.29) is 5.91 Å². The van der Waals surface area contributed by atoms with Crippen molar-refractivity contribution in [3.63, 3.8) is 0 Å². The minimum atomic E-state index is -0.0670. The van der Waals surface area contributed by atoms with Gasteiger partial charge in [0.05, 0.1) is 6.42 Å². The molecule has 4 nitrogen and oxygen atoms in total. The minimum absolute atomic E-state index is 0.0670. The van der Waals surface area contributed by atoms with Gasteiger partial charge >= 0.3 is 0 Å². The average molecular weight is 351 g/mol. The van der Waals surface area contributed by atoms with Crippen molar-refractivity contribution in [2.75, 3.05) is 5.32 Å². The van der Waals surface area contributed by atoms with Crippen molar-refractivity contribution in [2.24, 2.45) is 0 Å². The Morgan fingerprint density at radius 2 is 1.80 bits per heavy atom. The molecule has 1 N–H and O–H groups in total. The van der Waals surface area contributed by atoms with E-state index >= 15 is 0 Å². The Hall–Kier alpha value is -2.53. The third-order valence-corrected chi connectivity index (χ3v) is 4.91. The fourth-order valence-electron chi connectivity index (χ4n) is 2.60. The Kier molecular flexibility index (Phi) is 5.56. The van der Waals surface area contributed by atoms with Crippen LogP contribution in [0.25, 0.3) is 0 Å². The number of nitrogens with one attached hydrogen (secondary N) is 1. The maximum absolute atomic E-state index is 12.1. The summed E-state index contributed by atoms with van der Waals surface area (Å²) < 4.78 is 0. The van der Waals surface area contributed by atoms with Crippen molar-refractivity contribution in [1.29, 1.82) is 0 Å². The van der Waals surface area contributed by atoms with Gasteiger partial charge in [-0.1, -0.05) is 78.4 Å². The number of rotatable bonds is 6. The molecule has 0 bridgehead atoms. The molecule has 1 unspecified atom stereocenters. The molecule has 0 saturated heterocycles. The highest BCUT2D eigenvalue weighted by Crippen LogP contribution is 2.24. The second kappa shape index (κ2) is 8.03. The number of nitrogens with zero attached hydrogens (tertiary/aromatic N) is 2. The molecule has 0 saturated carbocycles. The van der Waals surface area contributed by atoms with Crippen LogP contribution in [0.5, 0.6) is 0 Å². The summed E-state index contributed by atoms with van der Waals surface area (Å²) in [5.41, 5.74) is 3.46. The summed E-state index contributed by atoms with van der Waals surface area (Å²) in [4.78, 5) is 12.1. The SMILES string of the molecule is Cc1ccc(CC(=O)Nc2nnc(CC(C)c3ccccc3)s2)cc1. The van der Waals surface area contributed by atoms with Gasteiger partial charge in [-0.3, -0.25) is 4.79 Å². The second-order valence-electron chi connectivity index (χ2n) is 6.23. The largest absolute Gasteiger partial charge is 0.300 e. The quantitative estimate of drug-likeness (QED) is 0.717. The number of anilines is 1. The van der Waals surface area contributed by atoms with Crippen LogP contribution in [0.1, 0.15) is 34.5 Å². The molecule has 2 aromatic carbocycles. The summed E-state index contributed by atoms with van der Waals surface area (Å²) in [6, 6.07) is 18.3. The molecule has 0 aliphatic rings. The van der Waals surface area contributed by atoms with Crippen LogP contribution < -0.4 is 5.32 Å².